The van der Waals surface area contributed by atoms with Crippen molar-refractivity contribution in [2.45, 2.75) is 71.6 Å². The van der Waals surface area contributed by atoms with Gasteiger partial charge < -0.3 is 10.1 Å². The van der Waals surface area contributed by atoms with Gasteiger partial charge >= 0.3 is 6.18 Å². The van der Waals surface area contributed by atoms with Gasteiger partial charge in [0.2, 0.25) is 0 Å². The summed E-state index contributed by atoms with van der Waals surface area (Å²) in [5, 5.41) is 7.94. The number of hydrogen-bond donors (Lipinski definition) is 1. The lowest BCUT2D eigenvalue weighted by atomic mass is 9.60. The maximum atomic E-state index is 15.4. The molecule has 0 bridgehead atoms. The number of benzene rings is 1. The first-order valence-electron chi connectivity index (χ1n) is 17.0. The van der Waals surface area contributed by atoms with Gasteiger partial charge in [0.1, 0.15) is 17.2 Å². The van der Waals surface area contributed by atoms with Crippen LogP contribution in [0.1, 0.15) is 75.7 Å². The van der Waals surface area contributed by atoms with E-state index in [1.165, 1.54) is 12.2 Å². The SMILES string of the molecule is C=CC(/C(=C\C=C/C)C(=C)[C@H]1CC[C@@H]2C(C1)C(=O)CCC2(C)F)=C(/C)c1ccc(C(=O)C(C=N)C2=C=CC=CC(C(F)(F)F)=C2)cc1OCC. The van der Waals surface area contributed by atoms with Crippen LogP contribution in [-0.2, 0) is 4.79 Å². The molecule has 1 aromatic rings. The smallest absolute Gasteiger partial charge is 0.416 e. The molecule has 0 saturated heterocycles. The zero-order valence-corrected chi connectivity index (χ0v) is 29.1. The molecule has 3 aliphatic carbocycles. The van der Waals surface area contributed by atoms with Gasteiger partial charge in [-0.3, -0.25) is 9.59 Å². The Morgan fingerprint density at radius 3 is 2.64 bits per heavy atom. The number of hydrogen-bond acceptors (Lipinski definition) is 4. The van der Waals surface area contributed by atoms with Crippen molar-refractivity contribution >= 4 is 23.4 Å². The molecule has 3 unspecified atom stereocenters. The predicted octanol–water partition coefficient (Wildman–Crippen LogP) is 10.8. The second-order valence-corrected chi connectivity index (χ2v) is 13.2. The standard InChI is InChI=1S/C42H45F4NO3/c1-7-10-15-33(26(4)28-17-19-37-35(23-28)38(48)20-21-41(37,6)43)32(8-2)27(5)34-18-16-30(24-39(34)50-9-3)40(49)36(25-47)29-13-11-12-14-31(22-29)42(44,45)46/h7-8,10-12,14-16,18,22,24-25,28,35-37,47H,2,4,9,17,19-21,23H2,1,3,5-6H3/b10-7-,32-27+,33-15-,47-25?/t28-,35?,36?,37+,41?/m0/s1. The molecule has 0 aliphatic heterocycles. The van der Waals surface area contributed by atoms with Gasteiger partial charge in [0.25, 0.3) is 0 Å². The second-order valence-electron chi connectivity index (χ2n) is 13.2. The summed E-state index contributed by atoms with van der Waals surface area (Å²) in [6.07, 6.45) is 10.3. The molecule has 0 heterocycles. The summed E-state index contributed by atoms with van der Waals surface area (Å²) in [4.78, 5) is 26.7. The molecule has 50 heavy (non-hydrogen) atoms. The maximum Gasteiger partial charge on any atom is 0.416 e. The molecule has 0 radical (unpaired) electrons. The van der Waals surface area contributed by atoms with Crippen LogP contribution in [0.25, 0.3) is 5.57 Å². The maximum absolute atomic E-state index is 15.4. The third-order valence-electron chi connectivity index (χ3n) is 10.1. The Morgan fingerprint density at radius 1 is 1.26 bits per heavy atom. The molecule has 0 amide bonds. The zero-order chi connectivity index (χ0) is 36.8. The molecule has 1 aromatic carbocycles. The van der Waals surface area contributed by atoms with Crippen molar-refractivity contribution < 1.29 is 31.9 Å². The van der Waals surface area contributed by atoms with E-state index in [1.54, 1.807) is 38.1 Å². The van der Waals surface area contributed by atoms with Gasteiger partial charge in [-0.25, -0.2) is 4.39 Å². The average Bonchev–Trinajstić information content (AvgIpc) is 3.35. The third-order valence-corrected chi connectivity index (χ3v) is 10.1. The Labute approximate surface area is 292 Å². The minimum atomic E-state index is -4.64. The van der Waals surface area contributed by atoms with Gasteiger partial charge in [0.05, 0.1) is 18.1 Å². The molecule has 5 atom stereocenters. The molecule has 3 aliphatic rings. The first kappa shape index (κ1) is 38.3. The highest BCUT2D eigenvalue weighted by atomic mass is 19.4. The van der Waals surface area contributed by atoms with E-state index < -0.39 is 29.1 Å². The summed E-state index contributed by atoms with van der Waals surface area (Å²) >= 11 is 0. The molecule has 0 aromatic heterocycles. The lowest BCUT2D eigenvalue weighted by Crippen LogP contribution is -2.47. The second kappa shape index (κ2) is 16.0. The van der Waals surface area contributed by atoms with Crippen LogP contribution in [0, 0.1) is 29.1 Å². The quantitative estimate of drug-likeness (QED) is 0.0782. The number of rotatable bonds is 12. The van der Waals surface area contributed by atoms with Crippen molar-refractivity contribution in [2.75, 3.05) is 6.61 Å². The van der Waals surface area contributed by atoms with E-state index in [9.17, 15) is 22.8 Å². The van der Waals surface area contributed by atoms with Gasteiger partial charge in [0.15, 0.2) is 5.78 Å². The van der Waals surface area contributed by atoms with Crippen LogP contribution in [0.4, 0.5) is 17.6 Å². The predicted molar refractivity (Wildman–Crippen MR) is 192 cm³/mol. The minimum Gasteiger partial charge on any atom is -0.493 e. The van der Waals surface area contributed by atoms with Crippen molar-refractivity contribution in [1.29, 1.82) is 5.41 Å². The van der Waals surface area contributed by atoms with Gasteiger partial charge in [-0.05, 0) is 106 Å². The first-order valence-corrected chi connectivity index (χ1v) is 17.0. The van der Waals surface area contributed by atoms with Crippen LogP contribution in [0.2, 0.25) is 0 Å². The number of alkyl halides is 4. The Hall–Kier alpha value is -4.55. The van der Waals surface area contributed by atoms with Gasteiger partial charge in [-0.15, -0.1) is 5.73 Å². The third kappa shape index (κ3) is 8.24. The molecule has 1 N–H and O–H groups in total. The Kier molecular flexibility index (Phi) is 12.2. The summed E-state index contributed by atoms with van der Waals surface area (Å²) in [5.41, 5.74) is 4.36. The number of nitrogens with one attached hydrogen (secondary N) is 1. The van der Waals surface area contributed by atoms with E-state index in [-0.39, 0.29) is 54.1 Å². The summed E-state index contributed by atoms with van der Waals surface area (Å²) in [6, 6.07) is 4.84. The molecule has 264 valence electrons. The lowest BCUT2D eigenvalue weighted by Gasteiger charge is -2.45. The number of carbonyl (C=O) groups excluding carboxylic acids is 2. The summed E-state index contributed by atoms with van der Waals surface area (Å²) < 4.78 is 62.1. The molecular weight excluding hydrogens is 642 g/mol. The summed E-state index contributed by atoms with van der Waals surface area (Å²) in [6.45, 7) is 16.1. The Morgan fingerprint density at radius 2 is 2.00 bits per heavy atom. The number of carbonyl (C=O) groups is 2. The van der Waals surface area contributed by atoms with Crippen molar-refractivity contribution in [3.8, 4) is 5.75 Å². The van der Waals surface area contributed by atoms with Crippen LogP contribution in [0.3, 0.4) is 0 Å². The number of halogens is 4. The monoisotopic (exact) mass is 687 g/mol. The topological polar surface area (TPSA) is 67.2 Å². The molecular formula is C42H45F4NO3. The van der Waals surface area contributed by atoms with Crippen molar-refractivity contribution in [3.05, 3.63) is 125 Å². The van der Waals surface area contributed by atoms with E-state index in [1.807, 2.05) is 32.1 Å². The van der Waals surface area contributed by atoms with E-state index in [2.05, 4.69) is 18.9 Å². The van der Waals surface area contributed by atoms with Crippen LogP contribution in [-0.4, -0.2) is 36.2 Å². The number of ether oxygens (including phenoxy) is 1. The van der Waals surface area contributed by atoms with Gasteiger partial charge in [0, 0.05) is 41.2 Å². The number of ketones is 2. The zero-order valence-electron chi connectivity index (χ0n) is 29.1. The number of allylic oxidation sites excluding steroid dienone is 13. The fourth-order valence-electron chi connectivity index (χ4n) is 7.35. The van der Waals surface area contributed by atoms with Crippen molar-refractivity contribution in [2.24, 2.45) is 23.7 Å². The van der Waals surface area contributed by atoms with E-state index >= 15 is 4.39 Å². The fraction of sp³-hybridized carbons (Fsp3) is 0.381. The normalized spacial score (nSPS) is 25.2. The molecule has 2 fully saturated rings. The molecule has 4 nitrogen and oxygen atoms in total. The highest BCUT2D eigenvalue weighted by Crippen LogP contribution is 2.50. The van der Waals surface area contributed by atoms with Crippen LogP contribution in [0.15, 0.2) is 114 Å². The average molecular weight is 688 g/mol. The number of fused-ring (bicyclic) bond motifs is 1. The summed E-state index contributed by atoms with van der Waals surface area (Å²) in [5.74, 6) is -2.04. The van der Waals surface area contributed by atoms with Crippen molar-refractivity contribution in [1.82, 2.24) is 0 Å². The van der Waals surface area contributed by atoms with Gasteiger partial charge in [-0.1, -0.05) is 55.7 Å². The largest absolute Gasteiger partial charge is 0.493 e. The van der Waals surface area contributed by atoms with E-state index in [0.717, 1.165) is 40.7 Å². The van der Waals surface area contributed by atoms with E-state index in [0.29, 0.717) is 30.6 Å². The highest BCUT2D eigenvalue weighted by Gasteiger charge is 2.49. The van der Waals surface area contributed by atoms with E-state index in [4.69, 9.17) is 10.1 Å². The number of Topliss-reactive ketones (excluding diaryl/α,β-unsaturated/α-hetero) is 2. The highest BCUT2D eigenvalue weighted by molar-refractivity contribution is 6.08. The van der Waals surface area contributed by atoms with Crippen molar-refractivity contribution in [3.63, 3.8) is 0 Å². The van der Waals surface area contributed by atoms with Crippen LogP contribution in [0.5, 0.6) is 5.75 Å². The molecule has 2 saturated carbocycles. The summed E-state index contributed by atoms with van der Waals surface area (Å²) in [7, 11) is 0. The molecule has 4 rings (SSSR count). The molecule has 8 heteroatoms. The lowest BCUT2D eigenvalue weighted by molar-refractivity contribution is -0.136. The minimum absolute atomic E-state index is 0.0350. The van der Waals surface area contributed by atoms with Crippen LogP contribution >= 0.6 is 0 Å². The van der Waals surface area contributed by atoms with Gasteiger partial charge in [-0.2, -0.15) is 13.2 Å². The first-order chi connectivity index (χ1) is 23.7. The Bertz CT molecular complexity index is 1780. The Balaban J connectivity index is 1.72. The fourth-order valence-corrected chi connectivity index (χ4v) is 7.35. The molecule has 0 spiro atoms. The van der Waals surface area contributed by atoms with Crippen LogP contribution < -0.4 is 4.74 Å².